The van der Waals surface area contributed by atoms with Gasteiger partial charge in [0.2, 0.25) is 0 Å². The minimum Gasteiger partial charge on any atom is -0.462 e. The van der Waals surface area contributed by atoms with E-state index in [0.29, 0.717) is 12.8 Å². The number of hydrogen-bond acceptors (Lipinski definition) is 15. The quantitative estimate of drug-likeness (QED) is 0.0301. The fourth-order valence-electron chi connectivity index (χ4n) is 6.52. The second-order valence-corrected chi connectivity index (χ2v) is 15.2. The monoisotopic (exact) mass is 819 g/mol. The molecule has 0 bridgehead atoms. The van der Waals surface area contributed by atoms with E-state index in [1.807, 2.05) is 6.92 Å². The molecule has 0 amide bonds. The third kappa shape index (κ3) is 20.7. The van der Waals surface area contributed by atoms with E-state index in [0.717, 1.165) is 44.9 Å². The first-order chi connectivity index (χ1) is 27.5. The number of esters is 2. The van der Waals surface area contributed by atoms with E-state index in [1.165, 1.54) is 51.4 Å². The maximum atomic E-state index is 12.8. The Bertz CT molecular complexity index is 1100. The van der Waals surface area contributed by atoms with Crippen LogP contribution < -0.4 is 0 Å². The Morgan fingerprint density at radius 2 is 1.07 bits per heavy atom. The summed E-state index contributed by atoms with van der Waals surface area (Å²) >= 11 is 0. The summed E-state index contributed by atoms with van der Waals surface area (Å²) in [5, 5.41) is 71.4. The van der Waals surface area contributed by atoms with Gasteiger partial charge in [-0.25, -0.2) is 0 Å². The van der Waals surface area contributed by atoms with Crippen LogP contribution in [0.3, 0.4) is 0 Å². The van der Waals surface area contributed by atoms with Crippen LogP contribution in [0.1, 0.15) is 136 Å². The van der Waals surface area contributed by atoms with Crippen LogP contribution in [0.25, 0.3) is 0 Å². The van der Waals surface area contributed by atoms with E-state index in [4.69, 9.17) is 28.4 Å². The van der Waals surface area contributed by atoms with Crippen molar-refractivity contribution in [2.75, 3.05) is 26.4 Å². The number of rotatable bonds is 31. The first-order valence-corrected chi connectivity index (χ1v) is 21.4. The number of unbranched alkanes of at least 4 members (excludes halogenated alkanes) is 13. The van der Waals surface area contributed by atoms with Gasteiger partial charge in [-0.15, -0.1) is 0 Å². The molecule has 7 N–H and O–H groups in total. The predicted octanol–water partition coefficient (Wildman–Crippen LogP) is 3.65. The topological polar surface area (TPSA) is 231 Å². The van der Waals surface area contributed by atoms with E-state index >= 15 is 0 Å². The number of carbonyl (C=O) groups is 2. The van der Waals surface area contributed by atoms with E-state index in [2.05, 4.69) is 31.2 Å². The second-order valence-electron chi connectivity index (χ2n) is 15.2. The minimum absolute atomic E-state index is 0.160. The molecule has 11 unspecified atom stereocenters. The maximum absolute atomic E-state index is 12.8. The van der Waals surface area contributed by atoms with Crippen LogP contribution in [0, 0.1) is 0 Å². The molecule has 15 heteroatoms. The van der Waals surface area contributed by atoms with E-state index in [9.17, 15) is 45.3 Å². The fraction of sp³-hybridized carbons (Fsp3) is 0.857. The SMILES string of the molecule is CCCCC/C=C\C/C=C\CCCCCCCCCCCC(=O)OC(COC(=O)CCCC)COC1OC(COC2OC(CO)C(O)C(O)C2O)C(O)C(O)C1O. The van der Waals surface area contributed by atoms with Gasteiger partial charge in [-0.05, 0) is 44.9 Å². The van der Waals surface area contributed by atoms with Crippen molar-refractivity contribution in [1.29, 1.82) is 0 Å². The smallest absolute Gasteiger partial charge is 0.306 e. The third-order valence-corrected chi connectivity index (χ3v) is 10.2. The van der Waals surface area contributed by atoms with Crippen molar-refractivity contribution in [3.63, 3.8) is 0 Å². The molecule has 2 heterocycles. The summed E-state index contributed by atoms with van der Waals surface area (Å²) in [5.74, 6) is -0.972. The number of allylic oxidation sites excluding steroid dienone is 4. The lowest BCUT2D eigenvalue weighted by molar-refractivity contribution is -0.332. The highest BCUT2D eigenvalue weighted by molar-refractivity contribution is 5.70. The van der Waals surface area contributed by atoms with Crippen molar-refractivity contribution in [2.24, 2.45) is 0 Å². The zero-order chi connectivity index (χ0) is 41.8. The first-order valence-electron chi connectivity index (χ1n) is 21.4. The van der Waals surface area contributed by atoms with Crippen molar-refractivity contribution in [2.45, 2.75) is 203 Å². The number of aliphatic hydroxyl groups is 7. The molecule has 2 aliphatic rings. The largest absolute Gasteiger partial charge is 0.462 e. The standard InChI is InChI=1S/C42H74O15/c1-3-5-7-8-9-10-11-12-13-14-15-16-17-18-19-20-21-22-23-25-34(45)55-30(27-52-33(44)24-6-4-2)28-53-41-40(51)38(49)36(47)32(57-41)29-54-42-39(50)37(48)35(46)31(26-43)56-42/h9-10,12-13,30-32,35-43,46-51H,3-8,11,14-29H2,1-2H3/b10-9-,13-12-. The summed E-state index contributed by atoms with van der Waals surface area (Å²) in [6.07, 6.45) is 10.8. The van der Waals surface area contributed by atoms with Gasteiger partial charge in [0.1, 0.15) is 55.4 Å². The maximum Gasteiger partial charge on any atom is 0.306 e. The zero-order valence-corrected chi connectivity index (χ0v) is 34.3. The highest BCUT2D eigenvalue weighted by Gasteiger charge is 2.47. The number of aliphatic hydroxyl groups excluding tert-OH is 7. The van der Waals surface area contributed by atoms with Crippen LogP contribution in [0.15, 0.2) is 24.3 Å². The van der Waals surface area contributed by atoms with Gasteiger partial charge in [-0.1, -0.05) is 102 Å². The van der Waals surface area contributed by atoms with Crippen molar-refractivity contribution >= 4 is 11.9 Å². The average Bonchev–Trinajstić information content (AvgIpc) is 3.20. The van der Waals surface area contributed by atoms with Crippen LogP contribution in [-0.2, 0) is 38.0 Å². The average molecular weight is 819 g/mol. The third-order valence-electron chi connectivity index (χ3n) is 10.2. The summed E-state index contributed by atoms with van der Waals surface area (Å²) < 4.78 is 33.0. The molecule has 0 radical (unpaired) electrons. The summed E-state index contributed by atoms with van der Waals surface area (Å²) in [5.41, 5.74) is 0. The van der Waals surface area contributed by atoms with Crippen LogP contribution in [0.5, 0.6) is 0 Å². The molecule has 2 aliphatic heterocycles. The molecule has 11 atom stereocenters. The van der Waals surface area contributed by atoms with Gasteiger partial charge < -0.3 is 64.2 Å². The predicted molar refractivity (Wildman–Crippen MR) is 211 cm³/mol. The van der Waals surface area contributed by atoms with Crippen LogP contribution >= 0.6 is 0 Å². The van der Waals surface area contributed by atoms with Crippen LogP contribution in [0.4, 0.5) is 0 Å². The first kappa shape index (κ1) is 51.1. The van der Waals surface area contributed by atoms with Gasteiger partial charge in [0.05, 0.1) is 19.8 Å². The molecule has 0 aliphatic carbocycles. The summed E-state index contributed by atoms with van der Waals surface area (Å²) in [4.78, 5) is 25.0. The molecule has 0 spiro atoms. The van der Waals surface area contributed by atoms with Gasteiger partial charge in [-0.3, -0.25) is 9.59 Å². The summed E-state index contributed by atoms with van der Waals surface area (Å²) in [6, 6.07) is 0. The molecule has 0 aromatic heterocycles. The lowest BCUT2D eigenvalue weighted by Crippen LogP contribution is -2.61. The van der Waals surface area contributed by atoms with Crippen LogP contribution in [0.2, 0.25) is 0 Å². The van der Waals surface area contributed by atoms with Gasteiger partial charge in [0.15, 0.2) is 18.7 Å². The Balaban J connectivity index is 1.73. The lowest BCUT2D eigenvalue weighted by atomic mass is 9.98. The fourth-order valence-corrected chi connectivity index (χ4v) is 6.52. The molecule has 2 rings (SSSR count). The molecule has 57 heavy (non-hydrogen) atoms. The molecule has 0 saturated carbocycles. The van der Waals surface area contributed by atoms with Crippen molar-refractivity contribution in [1.82, 2.24) is 0 Å². The molecular formula is C42H74O15. The summed E-state index contributed by atoms with van der Waals surface area (Å²) in [6.45, 7) is 2.26. The van der Waals surface area contributed by atoms with E-state index in [1.54, 1.807) is 0 Å². The molecule has 2 saturated heterocycles. The van der Waals surface area contributed by atoms with E-state index in [-0.39, 0.29) is 26.1 Å². The van der Waals surface area contributed by atoms with Crippen molar-refractivity contribution < 1.29 is 73.8 Å². The van der Waals surface area contributed by atoms with Crippen molar-refractivity contribution in [3.05, 3.63) is 24.3 Å². The Hall–Kier alpha value is -2.02. The molecular weight excluding hydrogens is 744 g/mol. The Kier molecular flexibility index (Phi) is 27.7. The molecule has 2 fully saturated rings. The number of carbonyl (C=O) groups excluding carboxylic acids is 2. The van der Waals surface area contributed by atoms with Crippen molar-refractivity contribution in [3.8, 4) is 0 Å². The highest BCUT2D eigenvalue weighted by atomic mass is 16.7. The minimum atomic E-state index is -1.76. The normalized spacial score (nSPS) is 28.6. The highest BCUT2D eigenvalue weighted by Crippen LogP contribution is 2.26. The van der Waals surface area contributed by atoms with Crippen LogP contribution in [-0.4, -0.2) is 142 Å². The molecule has 0 aromatic carbocycles. The van der Waals surface area contributed by atoms with Gasteiger partial charge in [-0.2, -0.15) is 0 Å². The molecule has 332 valence electrons. The number of ether oxygens (including phenoxy) is 6. The number of hydrogen-bond donors (Lipinski definition) is 7. The zero-order valence-electron chi connectivity index (χ0n) is 34.3. The Morgan fingerprint density at radius 1 is 0.561 bits per heavy atom. The molecule has 0 aromatic rings. The summed E-state index contributed by atoms with van der Waals surface area (Å²) in [7, 11) is 0. The second kappa shape index (κ2) is 30.9. The van der Waals surface area contributed by atoms with Gasteiger partial charge in [0.25, 0.3) is 0 Å². The lowest BCUT2D eigenvalue weighted by Gasteiger charge is -2.42. The van der Waals surface area contributed by atoms with Gasteiger partial charge in [0, 0.05) is 12.8 Å². The molecule has 15 nitrogen and oxygen atoms in total. The Labute approximate surface area is 339 Å². The van der Waals surface area contributed by atoms with Gasteiger partial charge >= 0.3 is 11.9 Å². The van der Waals surface area contributed by atoms with E-state index < -0.39 is 92.7 Å². The Morgan fingerprint density at radius 3 is 1.67 bits per heavy atom.